The highest BCUT2D eigenvalue weighted by atomic mass is 16.5. The van der Waals surface area contributed by atoms with Gasteiger partial charge >= 0.3 is 0 Å². The molecule has 3 fully saturated rings. The van der Waals surface area contributed by atoms with Crippen LogP contribution in [0.1, 0.15) is 65.9 Å². The number of carbonyl (C=O) groups excluding carboxylic acids is 3. The van der Waals surface area contributed by atoms with Crippen molar-refractivity contribution in [2.75, 3.05) is 13.1 Å². The molecule has 36 heavy (non-hydrogen) atoms. The van der Waals surface area contributed by atoms with Crippen LogP contribution in [-0.2, 0) is 16.1 Å². The standard InChI is InChI=1S/C28H31N3O5/c32-20-7-5-17(6-8-20)19-14-30(15-19)23-3-1-2-4-25(23)36-21-9-10-22-18(13-21)16-31(28(22)35)24-11-12-26(33)29-27(24)34/h5-10,13,19,23-25,32H,1-4,11-12,14-16H2,(H,29,33,34)/t23-,24?,25-/m0/s1. The number of imide groups is 1. The van der Waals surface area contributed by atoms with Crippen LogP contribution in [-0.4, -0.2) is 63.9 Å². The van der Waals surface area contributed by atoms with Gasteiger partial charge in [-0.25, -0.2) is 0 Å². The summed E-state index contributed by atoms with van der Waals surface area (Å²) in [5, 5.41) is 11.9. The molecule has 8 nitrogen and oxygen atoms in total. The van der Waals surface area contributed by atoms with Gasteiger partial charge in [-0.2, -0.15) is 0 Å². The molecule has 2 saturated heterocycles. The van der Waals surface area contributed by atoms with Crippen LogP contribution in [0, 0.1) is 0 Å². The maximum absolute atomic E-state index is 13.0. The predicted molar refractivity (Wildman–Crippen MR) is 132 cm³/mol. The molecule has 0 aromatic heterocycles. The summed E-state index contributed by atoms with van der Waals surface area (Å²) >= 11 is 0. The van der Waals surface area contributed by atoms with E-state index in [4.69, 9.17) is 4.74 Å². The number of amides is 3. The number of piperidine rings is 1. The molecule has 3 amide bonds. The van der Waals surface area contributed by atoms with Crippen LogP contribution in [0.3, 0.4) is 0 Å². The predicted octanol–water partition coefficient (Wildman–Crippen LogP) is 2.94. The Kier molecular flexibility index (Phi) is 5.91. The Bertz CT molecular complexity index is 1190. The molecular formula is C28H31N3O5. The lowest BCUT2D eigenvalue weighted by molar-refractivity contribution is -0.136. The molecule has 6 rings (SSSR count). The van der Waals surface area contributed by atoms with Gasteiger partial charge in [0, 0.05) is 43.6 Å². The number of ether oxygens (including phenoxy) is 1. The third-order valence-electron chi connectivity index (χ3n) is 8.19. The Morgan fingerprint density at radius 1 is 0.944 bits per heavy atom. The number of benzene rings is 2. The third kappa shape index (κ3) is 4.23. The maximum atomic E-state index is 13.0. The van der Waals surface area contributed by atoms with Gasteiger partial charge in [0.25, 0.3) is 5.91 Å². The number of carbonyl (C=O) groups is 3. The molecule has 188 valence electrons. The highest BCUT2D eigenvalue weighted by Crippen LogP contribution is 2.37. The van der Waals surface area contributed by atoms with Crippen molar-refractivity contribution in [2.45, 2.75) is 69.2 Å². The number of hydrogen-bond donors (Lipinski definition) is 2. The molecule has 0 bridgehead atoms. The smallest absolute Gasteiger partial charge is 0.255 e. The molecule has 2 aromatic rings. The number of hydrogen-bond acceptors (Lipinski definition) is 6. The molecule has 4 aliphatic rings. The summed E-state index contributed by atoms with van der Waals surface area (Å²) in [4.78, 5) is 40.9. The maximum Gasteiger partial charge on any atom is 0.255 e. The Balaban J connectivity index is 1.11. The fourth-order valence-electron chi connectivity index (χ4n) is 6.17. The zero-order chi connectivity index (χ0) is 24.8. The molecule has 3 atom stereocenters. The van der Waals surface area contributed by atoms with Gasteiger partial charge in [-0.1, -0.05) is 18.6 Å². The minimum Gasteiger partial charge on any atom is -0.508 e. The Morgan fingerprint density at radius 3 is 2.50 bits per heavy atom. The first-order valence-corrected chi connectivity index (χ1v) is 12.9. The van der Waals surface area contributed by atoms with E-state index in [1.54, 1.807) is 23.1 Å². The van der Waals surface area contributed by atoms with Crippen LogP contribution in [0.15, 0.2) is 42.5 Å². The minimum atomic E-state index is -0.609. The lowest BCUT2D eigenvalue weighted by atomic mass is 9.84. The third-order valence-corrected chi connectivity index (χ3v) is 8.19. The van der Waals surface area contributed by atoms with Crippen LogP contribution in [0.4, 0.5) is 0 Å². The number of nitrogens with one attached hydrogen (secondary N) is 1. The van der Waals surface area contributed by atoms with Gasteiger partial charge in [-0.15, -0.1) is 0 Å². The second-order valence-electron chi connectivity index (χ2n) is 10.5. The Hall–Kier alpha value is -3.39. The van der Waals surface area contributed by atoms with Gasteiger partial charge in [0.05, 0.1) is 0 Å². The van der Waals surface area contributed by atoms with Crippen molar-refractivity contribution in [1.29, 1.82) is 0 Å². The number of rotatable bonds is 5. The fourth-order valence-corrected chi connectivity index (χ4v) is 6.17. The number of nitrogens with zero attached hydrogens (tertiary/aromatic N) is 2. The second kappa shape index (κ2) is 9.24. The number of aromatic hydroxyl groups is 1. The average molecular weight is 490 g/mol. The van der Waals surface area contributed by atoms with E-state index in [0.717, 1.165) is 43.7 Å². The molecule has 3 aliphatic heterocycles. The molecule has 0 spiro atoms. The van der Waals surface area contributed by atoms with E-state index in [9.17, 15) is 19.5 Å². The zero-order valence-electron chi connectivity index (χ0n) is 20.2. The number of phenols is 1. The molecule has 8 heteroatoms. The summed E-state index contributed by atoms with van der Waals surface area (Å²) in [5.41, 5.74) is 2.74. The van der Waals surface area contributed by atoms with E-state index in [-0.39, 0.29) is 24.3 Å². The molecule has 1 saturated carbocycles. The van der Waals surface area contributed by atoms with Crippen molar-refractivity contribution >= 4 is 17.7 Å². The zero-order valence-corrected chi connectivity index (χ0v) is 20.2. The van der Waals surface area contributed by atoms with Gasteiger partial charge in [0.1, 0.15) is 23.6 Å². The van der Waals surface area contributed by atoms with E-state index in [1.807, 2.05) is 24.3 Å². The Labute approximate surface area is 210 Å². The lowest BCUT2D eigenvalue weighted by Crippen LogP contribution is -2.57. The molecule has 2 N–H and O–H groups in total. The van der Waals surface area contributed by atoms with E-state index >= 15 is 0 Å². The molecule has 0 radical (unpaired) electrons. The molecule has 3 heterocycles. The van der Waals surface area contributed by atoms with E-state index < -0.39 is 11.9 Å². The summed E-state index contributed by atoms with van der Waals surface area (Å²) in [6.07, 6.45) is 5.16. The first kappa shape index (κ1) is 23.0. The van der Waals surface area contributed by atoms with Crippen LogP contribution in [0.2, 0.25) is 0 Å². The fraction of sp³-hybridized carbons (Fsp3) is 0.464. The quantitative estimate of drug-likeness (QED) is 0.627. The topological polar surface area (TPSA) is 99.2 Å². The summed E-state index contributed by atoms with van der Waals surface area (Å²) in [6.45, 7) is 2.34. The summed E-state index contributed by atoms with van der Waals surface area (Å²) in [7, 11) is 0. The minimum absolute atomic E-state index is 0.0981. The highest BCUT2D eigenvalue weighted by Gasteiger charge is 2.41. The highest BCUT2D eigenvalue weighted by molar-refractivity contribution is 6.05. The number of phenolic OH excluding ortho intramolecular Hbond substituents is 1. The van der Waals surface area contributed by atoms with Crippen LogP contribution in [0.5, 0.6) is 11.5 Å². The van der Waals surface area contributed by atoms with Crippen LogP contribution in [0.25, 0.3) is 0 Å². The van der Waals surface area contributed by atoms with Gasteiger partial charge in [-0.3, -0.25) is 24.6 Å². The summed E-state index contributed by atoms with van der Waals surface area (Å²) in [5.74, 6) is 0.704. The first-order chi connectivity index (χ1) is 17.5. The van der Waals surface area contributed by atoms with Crippen LogP contribution < -0.4 is 10.1 Å². The summed E-state index contributed by atoms with van der Waals surface area (Å²) in [6, 6.07) is 12.9. The van der Waals surface area contributed by atoms with E-state index in [1.165, 1.54) is 12.0 Å². The largest absolute Gasteiger partial charge is 0.508 e. The SMILES string of the molecule is O=C1CCC(N2Cc3cc(O[C@H]4CCCC[C@@H]4N4CC(c5ccc(O)cc5)C4)ccc3C2=O)C(=O)N1. The van der Waals surface area contributed by atoms with Gasteiger partial charge < -0.3 is 14.7 Å². The van der Waals surface area contributed by atoms with E-state index in [0.29, 0.717) is 36.2 Å². The molecule has 2 aromatic carbocycles. The lowest BCUT2D eigenvalue weighted by Gasteiger charge is -2.48. The van der Waals surface area contributed by atoms with Gasteiger partial charge in [-0.05, 0) is 67.1 Å². The first-order valence-electron chi connectivity index (χ1n) is 12.9. The molecule has 1 aliphatic carbocycles. The van der Waals surface area contributed by atoms with Crippen molar-refractivity contribution in [3.63, 3.8) is 0 Å². The van der Waals surface area contributed by atoms with Crippen LogP contribution >= 0.6 is 0 Å². The van der Waals surface area contributed by atoms with Gasteiger partial charge in [0.2, 0.25) is 11.8 Å². The molecular weight excluding hydrogens is 458 g/mol. The number of fused-ring (bicyclic) bond motifs is 1. The van der Waals surface area contributed by atoms with E-state index in [2.05, 4.69) is 10.2 Å². The number of likely N-dealkylation sites (tertiary alicyclic amines) is 1. The van der Waals surface area contributed by atoms with Crippen molar-refractivity contribution in [2.24, 2.45) is 0 Å². The van der Waals surface area contributed by atoms with Gasteiger partial charge in [0.15, 0.2) is 0 Å². The van der Waals surface area contributed by atoms with Crippen molar-refractivity contribution in [3.8, 4) is 11.5 Å². The molecule has 1 unspecified atom stereocenters. The summed E-state index contributed by atoms with van der Waals surface area (Å²) < 4.78 is 6.53. The van der Waals surface area contributed by atoms with Crippen molar-refractivity contribution in [3.05, 3.63) is 59.2 Å². The monoisotopic (exact) mass is 489 g/mol. The normalized spacial score (nSPS) is 26.9. The van der Waals surface area contributed by atoms with Crippen molar-refractivity contribution < 1.29 is 24.2 Å². The Morgan fingerprint density at radius 2 is 1.72 bits per heavy atom. The average Bonchev–Trinajstić information content (AvgIpc) is 3.16. The van der Waals surface area contributed by atoms with Crippen molar-refractivity contribution in [1.82, 2.24) is 15.1 Å². The second-order valence-corrected chi connectivity index (χ2v) is 10.5.